The summed E-state index contributed by atoms with van der Waals surface area (Å²) < 4.78 is 5.26. The van der Waals surface area contributed by atoms with E-state index in [4.69, 9.17) is 4.74 Å². The zero-order valence-corrected chi connectivity index (χ0v) is 13.6. The van der Waals surface area contributed by atoms with E-state index in [9.17, 15) is 0 Å². The number of rotatable bonds is 6. The molecule has 20 heavy (non-hydrogen) atoms. The number of hydrogen-bond donors (Lipinski definition) is 1. The van der Waals surface area contributed by atoms with Gasteiger partial charge in [-0.15, -0.1) is 0 Å². The third-order valence-corrected chi connectivity index (χ3v) is 4.97. The van der Waals surface area contributed by atoms with E-state index in [1.807, 2.05) is 0 Å². The third-order valence-electron chi connectivity index (χ3n) is 3.92. The number of benzene rings is 1. The Bertz CT molecular complexity index is 396. The lowest BCUT2D eigenvalue weighted by Crippen LogP contribution is -2.47. The number of nitrogens with zero attached hydrogens (tertiary/aromatic N) is 1. The number of ether oxygens (including phenoxy) is 1. The first-order valence-electron chi connectivity index (χ1n) is 7.41. The van der Waals surface area contributed by atoms with Gasteiger partial charge in [-0.2, -0.15) is 11.8 Å². The zero-order valence-electron chi connectivity index (χ0n) is 12.8. The number of thioether (sulfide) groups is 1. The van der Waals surface area contributed by atoms with Gasteiger partial charge in [0.2, 0.25) is 0 Å². The van der Waals surface area contributed by atoms with Crippen molar-refractivity contribution in [3.8, 4) is 5.75 Å². The lowest BCUT2D eigenvalue weighted by molar-refractivity contribution is 0.215. The summed E-state index contributed by atoms with van der Waals surface area (Å²) in [5.74, 6) is 3.37. The average molecular weight is 294 g/mol. The highest BCUT2D eigenvalue weighted by Gasteiger charge is 2.28. The van der Waals surface area contributed by atoms with Crippen molar-refractivity contribution in [1.29, 1.82) is 0 Å². The molecule has 112 valence electrons. The quantitative estimate of drug-likeness (QED) is 0.872. The first-order chi connectivity index (χ1) is 9.76. The standard InChI is InChI=1S/C16H26N2OS/c1-4-9-17-16(15-12-20-11-10-18(15)2)13-5-7-14(19-3)8-6-13/h5-8,15-17H,4,9-12H2,1-3H3. The highest BCUT2D eigenvalue weighted by molar-refractivity contribution is 7.99. The Morgan fingerprint density at radius 3 is 2.75 bits per heavy atom. The minimum atomic E-state index is 0.402. The smallest absolute Gasteiger partial charge is 0.118 e. The first kappa shape index (κ1) is 15.7. The number of nitrogens with one attached hydrogen (secondary N) is 1. The lowest BCUT2D eigenvalue weighted by atomic mass is 9.98. The van der Waals surface area contributed by atoms with Gasteiger partial charge in [-0.3, -0.25) is 4.90 Å². The van der Waals surface area contributed by atoms with E-state index in [0.717, 1.165) is 18.7 Å². The van der Waals surface area contributed by atoms with Crippen LogP contribution in [0.15, 0.2) is 24.3 Å². The SMILES string of the molecule is CCCNC(c1ccc(OC)cc1)C1CSCCN1C. The van der Waals surface area contributed by atoms with Crippen LogP contribution in [0.5, 0.6) is 5.75 Å². The molecule has 1 aliphatic heterocycles. The Morgan fingerprint density at radius 2 is 2.15 bits per heavy atom. The molecule has 1 N–H and O–H groups in total. The van der Waals surface area contributed by atoms with Crippen LogP contribution in [0.1, 0.15) is 24.9 Å². The second kappa shape index (κ2) is 7.91. The number of likely N-dealkylation sites (N-methyl/N-ethyl adjacent to an activating group) is 1. The molecule has 0 aromatic heterocycles. The monoisotopic (exact) mass is 294 g/mol. The van der Waals surface area contributed by atoms with Crippen LogP contribution >= 0.6 is 11.8 Å². The molecule has 1 fully saturated rings. The van der Waals surface area contributed by atoms with Crippen LogP contribution in [-0.4, -0.2) is 49.7 Å². The molecule has 2 rings (SSSR count). The van der Waals surface area contributed by atoms with Gasteiger partial charge in [0.15, 0.2) is 0 Å². The van der Waals surface area contributed by atoms with Crippen molar-refractivity contribution in [3.05, 3.63) is 29.8 Å². The summed E-state index contributed by atoms with van der Waals surface area (Å²) in [6, 6.07) is 9.48. The maximum absolute atomic E-state index is 5.26. The molecule has 0 aliphatic carbocycles. The fourth-order valence-electron chi connectivity index (χ4n) is 2.64. The summed E-state index contributed by atoms with van der Waals surface area (Å²) in [5.41, 5.74) is 1.36. The fourth-order valence-corrected chi connectivity index (χ4v) is 3.92. The molecule has 1 aromatic carbocycles. The Hall–Kier alpha value is -0.710. The first-order valence-corrected chi connectivity index (χ1v) is 8.57. The normalized spacial score (nSPS) is 21.6. The van der Waals surface area contributed by atoms with Gasteiger partial charge in [0.25, 0.3) is 0 Å². The van der Waals surface area contributed by atoms with Crippen LogP contribution in [0, 0.1) is 0 Å². The fraction of sp³-hybridized carbons (Fsp3) is 0.625. The van der Waals surface area contributed by atoms with E-state index in [-0.39, 0.29) is 0 Å². The molecule has 2 atom stereocenters. The molecule has 0 amide bonds. The molecule has 0 bridgehead atoms. The number of methoxy groups -OCH3 is 1. The summed E-state index contributed by atoms with van der Waals surface area (Å²) in [7, 11) is 3.96. The summed E-state index contributed by atoms with van der Waals surface area (Å²) in [5, 5.41) is 3.73. The molecule has 3 nitrogen and oxygen atoms in total. The molecule has 4 heteroatoms. The molecule has 0 saturated carbocycles. The summed E-state index contributed by atoms with van der Waals surface area (Å²) in [6.45, 7) is 4.46. The highest BCUT2D eigenvalue weighted by atomic mass is 32.2. The topological polar surface area (TPSA) is 24.5 Å². The van der Waals surface area contributed by atoms with Crippen LogP contribution < -0.4 is 10.1 Å². The molecule has 1 saturated heterocycles. The molecule has 1 heterocycles. The number of hydrogen-bond acceptors (Lipinski definition) is 4. The highest BCUT2D eigenvalue weighted by Crippen LogP contribution is 2.28. The van der Waals surface area contributed by atoms with Gasteiger partial charge in [-0.25, -0.2) is 0 Å². The van der Waals surface area contributed by atoms with Crippen molar-refractivity contribution >= 4 is 11.8 Å². The second-order valence-corrected chi connectivity index (χ2v) is 6.48. The second-order valence-electron chi connectivity index (χ2n) is 5.33. The van der Waals surface area contributed by atoms with Crippen LogP contribution in [0.3, 0.4) is 0 Å². The van der Waals surface area contributed by atoms with Gasteiger partial charge in [-0.1, -0.05) is 19.1 Å². The predicted molar refractivity (Wildman–Crippen MR) is 87.8 cm³/mol. The largest absolute Gasteiger partial charge is 0.497 e. The van der Waals surface area contributed by atoms with E-state index < -0.39 is 0 Å². The molecule has 1 aliphatic rings. The minimum absolute atomic E-state index is 0.402. The molecule has 0 radical (unpaired) electrons. The van der Waals surface area contributed by atoms with Gasteiger partial charge < -0.3 is 10.1 Å². The van der Waals surface area contributed by atoms with Crippen molar-refractivity contribution in [2.75, 3.05) is 38.8 Å². The summed E-state index contributed by atoms with van der Waals surface area (Å²) in [6.07, 6.45) is 1.16. The summed E-state index contributed by atoms with van der Waals surface area (Å²) in [4.78, 5) is 2.49. The van der Waals surface area contributed by atoms with E-state index in [0.29, 0.717) is 12.1 Å². The van der Waals surface area contributed by atoms with Crippen molar-refractivity contribution in [2.24, 2.45) is 0 Å². The molecular weight excluding hydrogens is 268 g/mol. The van der Waals surface area contributed by atoms with E-state index >= 15 is 0 Å². The Labute approximate surface area is 127 Å². The van der Waals surface area contributed by atoms with Crippen LogP contribution in [-0.2, 0) is 0 Å². The summed E-state index contributed by atoms with van der Waals surface area (Å²) >= 11 is 2.06. The van der Waals surface area contributed by atoms with E-state index in [1.165, 1.54) is 23.6 Å². The van der Waals surface area contributed by atoms with Crippen LogP contribution in [0.25, 0.3) is 0 Å². The van der Waals surface area contributed by atoms with Crippen LogP contribution in [0.4, 0.5) is 0 Å². The third kappa shape index (κ3) is 3.90. The average Bonchev–Trinajstić information content (AvgIpc) is 2.50. The van der Waals surface area contributed by atoms with Gasteiger partial charge in [-0.05, 0) is 37.7 Å². The maximum Gasteiger partial charge on any atom is 0.118 e. The van der Waals surface area contributed by atoms with Gasteiger partial charge in [0.1, 0.15) is 5.75 Å². The zero-order chi connectivity index (χ0) is 14.4. The molecule has 0 spiro atoms. The maximum atomic E-state index is 5.26. The predicted octanol–water partition coefficient (Wildman–Crippen LogP) is 2.78. The van der Waals surface area contributed by atoms with Crippen molar-refractivity contribution < 1.29 is 4.74 Å². The Balaban J connectivity index is 2.16. The van der Waals surface area contributed by atoms with Gasteiger partial charge >= 0.3 is 0 Å². The van der Waals surface area contributed by atoms with Gasteiger partial charge in [0.05, 0.1) is 7.11 Å². The van der Waals surface area contributed by atoms with Crippen LogP contribution in [0.2, 0.25) is 0 Å². The lowest BCUT2D eigenvalue weighted by Gasteiger charge is -2.38. The van der Waals surface area contributed by atoms with Crippen molar-refractivity contribution in [2.45, 2.75) is 25.4 Å². The molecule has 1 aromatic rings. The van der Waals surface area contributed by atoms with E-state index in [1.54, 1.807) is 7.11 Å². The van der Waals surface area contributed by atoms with Crippen molar-refractivity contribution in [3.63, 3.8) is 0 Å². The molecule has 2 unspecified atom stereocenters. The molecular formula is C16H26N2OS. The van der Waals surface area contributed by atoms with Crippen molar-refractivity contribution in [1.82, 2.24) is 10.2 Å². The van der Waals surface area contributed by atoms with Gasteiger partial charge in [0, 0.05) is 30.1 Å². The van der Waals surface area contributed by atoms with E-state index in [2.05, 4.69) is 60.2 Å². The minimum Gasteiger partial charge on any atom is -0.497 e. The Morgan fingerprint density at radius 1 is 1.40 bits per heavy atom. The Kier molecular flexibility index (Phi) is 6.20.